The van der Waals surface area contributed by atoms with Crippen LogP contribution >= 0.6 is 12.2 Å². The Bertz CT molecular complexity index is 443. The maximum atomic E-state index is 11.3. The Hall–Kier alpha value is -1.43. The molecule has 6 heteroatoms. The third-order valence-corrected chi connectivity index (χ3v) is 2.67. The monoisotopic (exact) mass is 240 g/mol. The van der Waals surface area contributed by atoms with Gasteiger partial charge in [-0.15, -0.1) is 0 Å². The molecule has 16 heavy (non-hydrogen) atoms. The summed E-state index contributed by atoms with van der Waals surface area (Å²) >= 11 is 4.90. The van der Waals surface area contributed by atoms with Gasteiger partial charge in [0.2, 0.25) is 0 Å². The molecule has 1 aromatic heterocycles. The quantitative estimate of drug-likeness (QED) is 0.747. The topological polar surface area (TPSA) is 75.0 Å². The molecule has 0 aliphatic rings. The molecule has 1 unspecified atom stereocenters. The first-order chi connectivity index (χ1) is 7.40. The molecule has 5 nitrogen and oxygen atoms in total. The van der Waals surface area contributed by atoms with Crippen LogP contribution in [0.15, 0.2) is 10.9 Å². The van der Waals surface area contributed by atoms with Gasteiger partial charge >= 0.3 is 0 Å². The fourth-order valence-corrected chi connectivity index (χ4v) is 1.43. The molecule has 0 aromatic carbocycles. The SMILES string of the molecule is Cc1nc(N(C)CC(C)C(N)=S)cc(=O)[nH]1. The number of aryl methyl sites for hydroxylation is 1. The molecule has 0 aliphatic carbocycles. The minimum Gasteiger partial charge on any atom is -0.393 e. The van der Waals surface area contributed by atoms with Crippen LogP contribution < -0.4 is 16.2 Å². The summed E-state index contributed by atoms with van der Waals surface area (Å²) in [7, 11) is 1.86. The van der Waals surface area contributed by atoms with Crippen LogP contribution in [-0.2, 0) is 0 Å². The minimum absolute atomic E-state index is 0.0846. The third-order valence-electron chi connectivity index (χ3n) is 2.27. The molecule has 0 aliphatic heterocycles. The first-order valence-electron chi connectivity index (χ1n) is 4.98. The van der Waals surface area contributed by atoms with Crippen molar-refractivity contribution < 1.29 is 0 Å². The van der Waals surface area contributed by atoms with E-state index in [1.54, 1.807) is 6.92 Å². The first kappa shape index (κ1) is 12.6. The van der Waals surface area contributed by atoms with Crippen LogP contribution in [0.1, 0.15) is 12.7 Å². The van der Waals surface area contributed by atoms with E-state index < -0.39 is 0 Å². The molecule has 0 spiro atoms. The Kier molecular flexibility index (Phi) is 4.00. The van der Waals surface area contributed by atoms with Gasteiger partial charge in [0, 0.05) is 25.6 Å². The van der Waals surface area contributed by atoms with Crippen LogP contribution in [0.3, 0.4) is 0 Å². The molecular formula is C10H16N4OS. The Balaban J connectivity index is 2.84. The maximum Gasteiger partial charge on any atom is 0.252 e. The molecule has 0 saturated carbocycles. The highest BCUT2D eigenvalue weighted by Gasteiger charge is 2.11. The highest BCUT2D eigenvalue weighted by Crippen LogP contribution is 2.08. The lowest BCUT2D eigenvalue weighted by Gasteiger charge is -2.21. The highest BCUT2D eigenvalue weighted by molar-refractivity contribution is 7.80. The molecule has 3 N–H and O–H groups in total. The van der Waals surface area contributed by atoms with Crippen LogP contribution in [-0.4, -0.2) is 28.5 Å². The second-order valence-electron chi connectivity index (χ2n) is 3.87. The number of hydrogen-bond donors (Lipinski definition) is 2. The fourth-order valence-electron chi connectivity index (χ4n) is 1.35. The summed E-state index contributed by atoms with van der Waals surface area (Å²) in [6.07, 6.45) is 0. The zero-order valence-electron chi connectivity index (χ0n) is 9.65. The lowest BCUT2D eigenvalue weighted by molar-refractivity contribution is 0.731. The number of nitrogens with two attached hydrogens (primary N) is 1. The molecule has 1 rings (SSSR count). The maximum absolute atomic E-state index is 11.3. The van der Waals surface area contributed by atoms with Crippen LogP contribution in [0, 0.1) is 12.8 Å². The summed E-state index contributed by atoms with van der Waals surface area (Å²) in [5.41, 5.74) is 5.38. The minimum atomic E-state index is -0.155. The van der Waals surface area contributed by atoms with E-state index in [-0.39, 0.29) is 11.5 Å². The van der Waals surface area contributed by atoms with Crippen molar-refractivity contribution in [3.8, 4) is 0 Å². The van der Waals surface area contributed by atoms with E-state index in [9.17, 15) is 4.79 Å². The predicted molar refractivity (Wildman–Crippen MR) is 68.8 cm³/mol. The molecule has 0 radical (unpaired) electrons. The van der Waals surface area contributed by atoms with Gasteiger partial charge in [0.15, 0.2) is 0 Å². The number of nitrogens with one attached hydrogen (secondary N) is 1. The highest BCUT2D eigenvalue weighted by atomic mass is 32.1. The summed E-state index contributed by atoms with van der Waals surface area (Å²) in [5.74, 6) is 1.31. The van der Waals surface area contributed by atoms with Gasteiger partial charge in [-0.05, 0) is 6.92 Å². The number of hydrogen-bond acceptors (Lipinski definition) is 4. The number of aromatic amines is 1. The molecular weight excluding hydrogens is 224 g/mol. The Morgan fingerprint density at radius 3 is 2.88 bits per heavy atom. The number of anilines is 1. The predicted octanol–water partition coefficient (Wildman–Crippen LogP) is 0.437. The van der Waals surface area contributed by atoms with E-state index in [4.69, 9.17) is 18.0 Å². The summed E-state index contributed by atoms with van der Waals surface area (Å²) in [6.45, 7) is 4.33. The van der Waals surface area contributed by atoms with Gasteiger partial charge in [-0.1, -0.05) is 19.1 Å². The van der Waals surface area contributed by atoms with E-state index in [1.807, 2.05) is 18.9 Å². The lowest BCUT2D eigenvalue weighted by Crippen LogP contribution is -2.32. The van der Waals surface area contributed by atoms with Crippen molar-refractivity contribution in [3.63, 3.8) is 0 Å². The molecule has 1 heterocycles. The zero-order valence-corrected chi connectivity index (χ0v) is 10.5. The molecule has 88 valence electrons. The van der Waals surface area contributed by atoms with Crippen molar-refractivity contribution >= 4 is 23.0 Å². The first-order valence-corrected chi connectivity index (χ1v) is 5.39. The Labute approximate surface area is 99.7 Å². The Morgan fingerprint density at radius 1 is 1.75 bits per heavy atom. The summed E-state index contributed by atoms with van der Waals surface area (Å²) in [4.78, 5) is 20.4. The van der Waals surface area contributed by atoms with Crippen molar-refractivity contribution in [2.45, 2.75) is 13.8 Å². The number of rotatable bonds is 4. The van der Waals surface area contributed by atoms with Crippen molar-refractivity contribution in [3.05, 3.63) is 22.2 Å². The summed E-state index contributed by atoms with van der Waals surface area (Å²) in [6, 6.07) is 1.46. The van der Waals surface area contributed by atoms with Gasteiger partial charge in [-0.2, -0.15) is 0 Å². The summed E-state index contributed by atoms with van der Waals surface area (Å²) < 4.78 is 0. The second kappa shape index (κ2) is 5.07. The van der Waals surface area contributed by atoms with E-state index in [0.717, 1.165) is 0 Å². The largest absolute Gasteiger partial charge is 0.393 e. The number of thiocarbonyl (C=S) groups is 1. The van der Waals surface area contributed by atoms with Crippen molar-refractivity contribution in [2.24, 2.45) is 11.7 Å². The van der Waals surface area contributed by atoms with E-state index >= 15 is 0 Å². The molecule has 0 amide bonds. The second-order valence-corrected chi connectivity index (χ2v) is 4.34. The molecule has 1 atom stereocenters. The lowest BCUT2D eigenvalue weighted by atomic mass is 10.2. The van der Waals surface area contributed by atoms with Crippen LogP contribution in [0.4, 0.5) is 5.82 Å². The van der Waals surface area contributed by atoms with E-state index in [0.29, 0.717) is 23.2 Å². The number of nitrogens with zero attached hydrogens (tertiary/aromatic N) is 2. The van der Waals surface area contributed by atoms with Crippen LogP contribution in [0.5, 0.6) is 0 Å². The van der Waals surface area contributed by atoms with E-state index in [2.05, 4.69) is 9.97 Å². The molecule has 0 fully saturated rings. The molecule has 0 bridgehead atoms. The number of aromatic nitrogens is 2. The zero-order chi connectivity index (χ0) is 12.3. The Morgan fingerprint density at radius 2 is 2.38 bits per heavy atom. The normalized spacial score (nSPS) is 12.2. The van der Waals surface area contributed by atoms with Crippen LogP contribution in [0.25, 0.3) is 0 Å². The van der Waals surface area contributed by atoms with Gasteiger partial charge in [-0.3, -0.25) is 4.79 Å². The average molecular weight is 240 g/mol. The van der Waals surface area contributed by atoms with Gasteiger partial charge in [-0.25, -0.2) is 4.98 Å². The van der Waals surface area contributed by atoms with Gasteiger partial charge in [0.1, 0.15) is 11.6 Å². The van der Waals surface area contributed by atoms with Gasteiger partial charge in [0.25, 0.3) is 5.56 Å². The third kappa shape index (κ3) is 3.30. The number of H-pyrrole nitrogens is 1. The van der Waals surface area contributed by atoms with Gasteiger partial charge in [0.05, 0.1) is 4.99 Å². The van der Waals surface area contributed by atoms with Gasteiger partial charge < -0.3 is 15.6 Å². The standard InChI is InChI=1S/C10H16N4OS/c1-6(10(11)16)5-14(3)8-4-9(15)13-7(2)12-8/h4,6H,5H2,1-3H3,(H2,11,16)(H,12,13,15). The summed E-state index contributed by atoms with van der Waals surface area (Å²) in [5, 5.41) is 0. The smallest absolute Gasteiger partial charge is 0.252 e. The van der Waals surface area contributed by atoms with Crippen molar-refractivity contribution in [2.75, 3.05) is 18.5 Å². The molecule has 1 aromatic rings. The van der Waals surface area contributed by atoms with Crippen molar-refractivity contribution in [1.29, 1.82) is 0 Å². The van der Waals surface area contributed by atoms with Crippen LogP contribution in [0.2, 0.25) is 0 Å². The molecule has 0 saturated heterocycles. The average Bonchev–Trinajstić information content (AvgIpc) is 2.15. The fraction of sp³-hybridized carbons (Fsp3) is 0.500. The van der Waals surface area contributed by atoms with Crippen molar-refractivity contribution in [1.82, 2.24) is 9.97 Å². The van der Waals surface area contributed by atoms with E-state index in [1.165, 1.54) is 6.07 Å².